The van der Waals surface area contributed by atoms with Crippen LogP contribution < -0.4 is 0 Å². The molecular formula is C11H11NS3. The third kappa shape index (κ3) is 2.83. The topological polar surface area (TPSA) is 12.4 Å². The molecule has 1 aromatic carbocycles. The quantitative estimate of drug-likeness (QED) is 0.741. The minimum absolute atomic E-state index is 0.519. The van der Waals surface area contributed by atoms with Crippen LogP contribution in [0.15, 0.2) is 35.3 Å². The van der Waals surface area contributed by atoms with Crippen molar-refractivity contribution in [3.8, 4) is 0 Å². The zero-order valence-corrected chi connectivity index (χ0v) is 10.8. The van der Waals surface area contributed by atoms with Gasteiger partial charge in [-0.2, -0.15) is 0 Å². The first kappa shape index (κ1) is 11.2. The van der Waals surface area contributed by atoms with Crippen molar-refractivity contribution in [2.75, 3.05) is 0 Å². The highest BCUT2D eigenvalue weighted by Gasteiger charge is 2.20. The second kappa shape index (κ2) is 5.14. The lowest BCUT2D eigenvalue weighted by Gasteiger charge is -2.19. The summed E-state index contributed by atoms with van der Waals surface area (Å²) in [6, 6.07) is 10.2. The Morgan fingerprint density at radius 2 is 2.00 bits per heavy atom. The lowest BCUT2D eigenvalue weighted by atomic mass is 10.2. The van der Waals surface area contributed by atoms with Gasteiger partial charge in [0.1, 0.15) is 5.04 Å². The molecule has 1 aromatic rings. The van der Waals surface area contributed by atoms with E-state index >= 15 is 0 Å². The third-order valence-electron chi connectivity index (χ3n) is 2.02. The molecule has 2 rings (SSSR count). The van der Waals surface area contributed by atoms with Crippen LogP contribution in [0.3, 0.4) is 0 Å². The Morgan fingerprint density at radius 3 is 2.67 bits per heavy atom. The van der Waals surface area contributed by atoms with Gasteiger partial charge in [0.15, 0.2) is 4.32 Å². The van der Waals surface area contributed by atoms with Crippen molar-refractivity contribution in [2.24, 2.45) is 4.99 Å². The molecule has 4 heteroatoms. The number of rotatable bonds is 2. The monoisotopic (exact) mass is 253 g/mol. The lowest BCUT2D eigenvalue weighted by molar-refractivity contribution is 1.06. The zero-order valence-electron chi connectivity index (χ0n) is 8.34. The average Bonchev–Trinajstić information content (AvgIpc) is 2.29. The van der Waals surface area contributed by atoms with E-state index in [1.807, 2.05) is 30.0 Å². The van der Waals surface area contributed by atoms with Crippen molar-refractivity contribution in [1.82, 2.24) is 0 Å². The zero-order chi connectivity index (χ0) is 10.7. The number of hydrogen-bond acceptors (Lipinski definition) is 3. The largest absolute Gasteiger partial charge is 0.223 e. The van der Waals surface area contributed by atoms with E-state index in [0.29, 0.717) is 4.58 Å². The Kier molecular flexibility index (Phi) is 3.83. The summed E-state index contributed by atoms with van der Waals surface area (Å²) in [7, 11) is 0. The minimum atomic E-state index is 0.519. The first-order chi connectivity index (χ1) is 7.29. The second-order valence-corrected chi connectivity index (χ2v) is 6.45. The highest BCUT2D eigenvalue weighted by Crippen LogP contribution is 2.35. The molecule has 78 valence electrons. The lowest BCUT2D eigenvalue weighted by Crippen LogP contribution is -2.11. The van der Waals surface area contributed by atoms with E-state index in [1.165, 1.54) is 5.56 Å². The fourth-order valence-electron chi connectivity index (χ4n) is 1.28. The van der Waals surface area contributed by atoms with Crippen molar-refractivity contribution in [2.45, 2.75) is 17.9 Å². The number of thioether (sulfide) groups is 2. The molecule has 1 heterocycles. The first-order valence-corrected chi connectivity index (χ1v) is 6.97. The standard InChI is InChI=1S/C11H11NS3/c1-2-9-14-10(12-11(13)15-9)8-6-4-3-5-7-8/h3-7,9H,2H2,1H3. The number of hydrogen-bond donors (Lipinski definition) is 0. The average molecular weight is 253 g/mol. The van der Waals surface area contributed by atoms with Gasteiger partial charge in [-0.25, -0.2) is 4.99 Å². The molecule has 0 aromatic heterocycles. The van der Waals surface area contributed by atoms with E-state index in [-0.39, 0.29) is 0 Å². The molecule has 0 bridgehead atoms. The van der Waals surface area contributed by atoms with Gasteiger partial charge in [0, 0.05) is 5.56 Å². The molecule has 1 unspecified atom stereocenters. The van der Waals surface area contributed by atoms with Gasteiger partial charge in [-0.1, -0.05) is 73.0 Å². The van der Waals surface area contributed by atoms with Crippen LogP contribution in [-0.2, 0) is 0 Å². The maximum atomic E-state index is 5.19. The Morgan fingerprint density at radius 1 is 1.27 bits per heavy atom. The van der Waals surface area contributed by atoms with Crippen LogP contribution in [0.2, 0.25) is 0 Å². The summed E-state index contributed by atoms with van der Waals surface area (Å²) in [5, 5.41) is 1.06. The van der Waals surface area contributed by atoms with Gasteiger partial charge in [0.2, 0.25) is 0 Å². The van der Waals surface area contributed by atoms with Crippen molar-refractivity contribution >= 4 is 45.1 Å². The molecule has 15 heavy (non-hydrogen) atoms. The molecular weight excluding hydrogens is 242 g/mol. The summed E-state index contributed by atoms with van der Waals surface area (Å²) >= 11 is 8.69. The van der Waals surface area contributed by atoms with Gasteiger partial charge in [0.25, 0.3) is 0 Å². The number of benzene rings is 1. The van der Waals surface area contributed by atoms with Gasteiger partial charge in [-0.15, -0.1) is 0 Å². The van der Waals surface area contributed by atoms with Gasteiger partial charge in [-0.3, -0.25) is 0 Å². The normalized spacial score (nSPS) is 21.3. The Bertz CT molecular complexity index is 386. The molecule has 1 aliphatic heterocycles. The SMILES string of the molecule is CCC1SC(=S)N=C(c2ccccc2)S1. The van der Waals surface area contributed by atoms with E-state index in [0.717, 1.165) is 15.8 Å². The maximum Gasteiger partial charge on any atom is 0.162 e. The van der Waals surface area contributed by atoms with E-state index in [1.54, 1.807) is 11.8 Å². The van der Waals surface area contributed by atoms with Crippen LogP contribution in [0.25, 0.3) is 0 Å². The Hall–Kier alpha value is -0.320. The van der Waals surface area contributed by atoms with Gasteiger partial charge >= 0.3 is 0 Å². The van der Waals surface area contributed by atoms with Gasteiger partial charge < -0.3 is 0 Å². The molecule has 0 saturated carbocycles. The van der Waals surface area contributed by atoms with Crippen LogP contribution in [-0.4, -0.2) is 13.9 Å². The number of thiocarbonyl (C=S) groups is 1. The fraction of sp³-hybridized carbons (Fsp3) is 0.273. The highest BCUT2D eigenvalue weighted by molar-refractivity contribution is 8.35. The first-order valence-electron chi connectivity index (χ1n) is 4.81. The number of aliphatic imine (C=N–C) groups is 1. The molecule has 0 N–H and O–H groups in total. The van der Waals surface area contributed by atoms with Gasteiger partial charge in [0.05, 0.1) is 4.58 Å². The Balaban J connectivity index is 2.26. The summed E-state index contributed by atoms with van der Waals surface area (Å²) in [6.07, 6.45) is 1.11. The molecule has 0 spiro atoms. The second-order valence-electron chi connectivity index (χ2n) is 3.12. The molecule has 0 fully saturated rings. The molecule has 0 aliphatic carbocycles. The summed E-state index contributed by atoms with van der Waals surface area (Å²) in [5.41, 5.74) is 1.17. The van der Waals surface area contributed by atoms with Crippen molar-refractivity contribution in [3.63, 3.8) is 0 Å². The predicted molar refractivity (Wildman–Crippen MR) is 74.8 cm³/mol. The summed E-state index contributed by atoms with van der Waals surface area (Å²) in [4.78, 5) is 4.42. The molecule has 0 radical (unpaired) electrons. The van der Waals surface area contributed by atoms with Crippen molar-refractivity contribution < 1.29 is 0 Å². The summed E-state index contributed by atoms with van der Waals surface area (Å²) in [5.74, 6) is 0. The molecule has 1 nitrogen and oxygen atoms in total. The third-order valence-corrected chi connectivity index (χ3v) is 5.02. The molecule has 0 saturated heterocycles. The van der Waals surface area contributed by atoms with Crippen LogP contribution in [0.5, 0.6) is 0 Å². The summed E-state index contributed by atoms with van der Waals surface area (Å²) in [6.45, 7) is 2.18. The van der Waals surface area contributed by atoms with Crippen LogP contribution in [0.1, 0.15) is 18.9 Å². The van der Waals surface area contributed by atoms with E-state index in [9.17, 15) is 0 Å². The van der Waals surface area contributed by atoms with Crippen LogP contribution in [0, 0.1) is 0 Å². The summed E-state index contributed by atoms with van der Waals surface area (Å²) < 4.78 is 1.28. The van der Waals surface area contributed by atoms with Crippen LogP contribution in [0.4, 0.5) is 0 Å². The number of nitrogens with zero attached hydrogens (tertiary/aromatic N) is 1. The van der Waals surface area contributed by atoms with Crippen molar-refractivity contribution in [3.05, 3.63) is 35.9 Å². The fourth-order valence-corrected chi connectivity index (χ4v) is 4.12. The highest BCUT2D eigenvalue weighted by atomic mass is 32.2. The maximum absolute atomic E-state index is 5.19. The smallest absolute Gasteiger partial charge is 0.162 e. The van der Waals surface area contributed by atoms with E-state index in [2.05, 4.69) is 24.0 Å². The van der Waals surface area contributed by atoms with E-state index in [4.69, 9.17) is 12.2 Å². The molecule has 1 atom stereocenters. The van der Waals surface area contributed by atoms with Gasteiger partial charge in [-0.05, 0) is 6.42 Å². The van der Waals surface area contributed by atoms with Crippen molar-refractivity contribution in [1.29, 1.82) is 0 Å². The minimum Gasteiger partial charge on any atom is -0.223 e. The molecule has 0 amide bonds. The van der Waals surface area contributed by atoms with E-state index < -0.39 is 0 Å². The molecule has 1 aliphatic rings. The predicted octanol–water partition coefficient (Wildman–Crippen LogP) is 3.93. The Labute approximate surface area is 104 Å². The van der Waals surface area contributed by atoms with Crippen LogP contribution >= 0.6 is 35.7 Å².